The maximum atomic E-state index is 6.49. The number of anilines is 2. The first kappa shape index (κ1) is 15.6. The molecule has 9 heteroatoms. The van der Waals surface area contributed by atoms with Gasteiger partial charge < -0.3 is 15.4 Å². The summed E-state index contributed by atoms with van der Waals surface area (Å²) in [5.74, 6) is 1.02. The van der Waals surface area contributed by atoms with Gasteiger partial charge in [-0.3, -0.25) is 0 Å². The summed E-state index contributed by atoms with van der Waals surface area (Å²) in [6.07, 6.45) is 3.18. The van der Waals surface area contributed by atoms with E-state index in [0.29, 0.717) is 23.3 Å². The van der Waals surface area contributed by atoms with Crippen molar-refractivity contribution in [2.24, 2.45) is 0 Å². The van der Waals surface area contributed by atoms with Crippen molar-refractivity contribution < 1.29 is 4.74 Å². The number of nitrogen functional groups attached to an aromatic ring is 1. The first-order valence-electron chi connectivity index (χ1n) is 6.58. The summed E-state index contributed by atoms with van der Waals surface area (Å²) < 4.78 is 5.35. The van der Waals surface area contributed by atoms with Crippen molar-refractivity contribution in [2.75, 3.05) is 36.9 Å². The Kier molecular flexibility index (Phi) is 4.87. The molecule has 0 radical (unpaired) electrons. The predicted octanol–water partition coefficient (Wildman–Crippen LogP) is 2.75. The molecule has 3 heterocycles. The van der Waals surface area contributed by atoms with E-state index in [1.165, 1.54) is 18.0 Å². The van der Waals surface area contributed by atoms with Gasteiger partial charge in [-0.15, -0.1) is 0 Å². The van der Waals surface area contributed by atoms with Crippen LogP contribution in [0.15, 0.2) is 28.4 Å². The maximum absolute atomic E-state index is 6.49. The number of ether oxygens (including phenoxy) is 1. The van der Waals surface area contributed by atoms with Gasteiger partial charge in [-0.2, -0.15) is 0 Å². The van der Waals surface area contributed by atoms with Crippen LogP contribution in [0.1, 0.15) is 0 Å². The summed E-state index contributed by atoms with van der Waals surface area (Å²) in [6.45, 7) is 2.88. The standard InChI is InChI=1S/C13H13Cl2N5OS/c14-9-7-18-13(11(16)19-9)22-8-1-2-17-12(10(8)15)20-3-5-21-6-4-20/h1-2,7H,3-6H2,(H2,16,19). The second kappa shape index (κ2) is 6.87. The molecule has 1 saturated heterocycles. The molecule has 1 aliphatic heterocycles. The largest absolute Gasteiger partial charge is 0.381 e. The molecule has 3 rings (SSSR count). The lowest BCUT2D eigenvalue weighted by atomic mass is 10.3. The quantitative estimate of drug-likeness (QED) is 0.904. The van der Waals surface area contributed by atoms with E-state index in [2.05, 4.69) is 19.9 Å². The molecule has 1 fully saturated rings. The molecule has 22 heavy (non-hydrogen) atoms. The third-order valence-corrected chi connectivity index (χ3v) is 4.82. The SMILES string of the molecule is Nc1nc(Cl)cnc1Sc1ccnc(N2CCOCC2)c1Cl. The van der Waals surface area contributed by atoms with Crippen LogP contribution < -0.4 is 10.6 Å². The number of hydrogen-bond acceptors (Lipinski definition) is 7. The van der Waals surface area contributed by atoms with Crippen LogP contribution in [0, 0.1) is 0 Å². The third kappa shape index (κ3) is 3.38. The lowest BCUT2D eigenvalue weighted by Crippen LogP contribution is -2.36. The van der Waals surface area contributed by atoms with E-state index >= 15 is 0 Å². The molecule has 116 valence electrons. The highest BCUT2D eigenvalue weighted by Gasteiger charge is 2.18. The van der Waals surface area contributed by atoms with Crippen LogP contribution in [0.5, 0.6) is 0 Å². The Morgan fingerprint density at radius 2 is 2.00 bits per heavy atom. The summed E-state index contributed by atoms with van der Waals surface area (Å²) in [6, 6.07) is 1.83. The molecular formula is C13H13Cl2N5OS. The Labute approximate surface area is 142 Å². The zero-order chi connectivity index (χ0) is 15.5. The first-order valence-corrected chi connectivity index (χ1v) is 8.15. The number of nitrogens with two attached hydrogens (primary N) is 1. The number of hydrogen-bond donors (Lipinski definition) is 1. The van der Waals surface area contributed by atoms with Crippen molar-refractivity contribution in [1.82, 2.24) is 15.0 Å². The fourth-order valence-corrected chi connectivity index (χ4v) is 3.30. The summed E-state index contributed by atoms with van der Waals surface area (Å²) in [4.78, 5) is 15.5. The number of pyridine rings is 1. The van der Waals surface area contributed by atoms with Crippen LogP contribution in [0.25, 0.3) is 0 Å². The van der Waals surface area contributed by atoms with E-state index < -0.39 is 0 Å². The molecule has 2 aromatic rings. The van der Waals surface area contributed by atoms with E-state index in [4.69, 9.17) is 33.7 Å². The number of aromatic nitrogens is 3. The van der Waals surface area contributed by atoms with Crippen molar-refractivity contribution in [3.63, 3.8) is 0 Å². The van der Waals surface area contributed by atoms with Crippen LogP contribution >= 0.6 is 35.0 Å². The number of morpholine rings is 1. The molecule has 6 nitrogen and oxygen atoms in total. The van der Waals surface area contributed by atoms with Gasteiger partial charge in [0.2, 0.25) is 0 Å². The Bertz CT molecular complexity index is 681. The Hall–Kier alpha value is -1.28. The lowest BCUT2D eigenvalue weighted by molar-refractivity contribution is 0.122. The zero-order valence-electron chi connectivity index (χ0n) is 11.5. The lowest BCUT2D eigenvalue weighted by Gasteiger charge is -2.28. The van der Waals surface area contributed by atoms with Crippen molar-refractivity contribution in [2.45, 2.75) is 9.92 Å². The average Bonchev–Trinajstić information content (AvgIpc) is 2.53. The minimum Gasteiger partial charge on any atom is -0.381 e. The smallest absolute Gasteiger partial charge is 0.158 e. The normalized spacial score (nSPS) is 15.1. The predicted molar refractivity (Wildman–Crippen MR) is 87.9 cm³/mol. The van der Waals surface area contributed by atoms with E-state index in [9.17, 15) is 0 Å². The molecule has 0 saturated carbocycles. The summed E-state index contributed by atoms with van der Waals surface area (Å²) >= 11 is 13.6. The highest BCUT2D eigenvalue weighted by Crippen LogP contribution is 2.38. The molecule has 0 unspecified atom stereocenters. The zero-order valence-corrected chi connectivity index (χ0v) is 13.8. The molecule has 2 N–H and O–H groups in total. The summed E-state index contributed by atoms with van der Waals surface area (Å²) in [7, 11) is 0. The molecule has 1 aliphatic rings. The molecule has 0 aliphatic carbocycles. The molecule has 0 aromatic carbocycles. The Morgan fingerprint density at radius 3 is 2.73 bits per heavy atom. The minimum absolute atomic E-state index is 0.261. The van der Waals surface area contributed by atoms with E-state index in [-0.39, 0.29) is 11.0 Å². The van der Waals surface area contributed by atoms with Gasteiger partial charge in [0.25, 0.3) is 0 Å². The minimum atomic E-state index is 0.261. The fourth-order valence-electron chi connectivity index (χ4n) is 2.04. The maximum Gasteiger partial charge on any atom is 0.158 e. The van der Waals surface area contributed by atoms with Crippen molar-refractivity contribution in [3.05, 3.63) is 28.6 Å². The van der Waals surface area contributed by atoms with Gasteiger partial charge in [0.1, 0.15) is 16.0 Å². The number of nitrogens with zero attached hydrogens (tertiary/aromatic N) is 4. The highest BCUT2D eigenvalue weighted by molar-refractivity contribution is 7.99. The summed E-state index contributed by atoms with van der Waals surface area (Å²) in [5, 5.41) is 1.40. The highest BCUT2D eigenvalue weighted by atomic mass is 35.5. The second-order valence-electron chi connectivity index (χ2n) is 4.53. The Balaban J connectivity index is 1.87. The monoisotopic (exact) mass is 357 g/mol. The molecular weight excluding hydrogens is 345 g/mol. The summed E-state index contributed by atoms with van der Waals surface area (Å²) in [5.41, 5.74) is 5.84. The van der Waals surface area contributed by atoms with E-state index in [0.717, 1.165) is 23.8 Å². The number of halogens is 2. The molecule has 0 spiro atoms. The van der Waals surface area contributed by atoms with Gasteiger partial charge >= 0.3 is 0 Å². The Morgan fingerprint density at radius 1 is 1.23 bits per heavy atom. The van der Waals surface area contributed by atoms with Crippen molar-refractivity contribution in [3.8, 4) is 0 Å². The molecule has 0 amide bonds. The molecule has 2 aromatic heterocycles. The number of rotatable bonds is 3. The van der Waals surface area contributed by atoms with Gasteiger partial charge in [-0.1, -0.05) is 35.0 Å². The van der Waals surface area contributed by atoms with Gasteiger partial charge in [0, 0.05) is 24.2 Å². The van der Waals surface area contributed by atoms with Gasteiger partial charge in [-0.25, -0.2) is 15.0 Å². The van der Waals surface area contributed by atoms with E-state index in [1.807, 2.05) is 6.07 Å². The fraction of sp³-hybridized carbons (Fsp3) is 0.308. The van der Waals surface area contributed by atoms with Crippen LogP contribution in [0.2, 0.25) is 10.2 Å². The first-order chi connectivity index (χ1) is 10.6. The average molecular weight is 358 g/mol. The van der Waals surface area contributed by atoms with Gasteiger partial charge in [0.15, 0.2) is 5.82 Å². The molecule has 0 atom stereocenters. The van der Waals surface area contributed by atoms with Crippen LogP contribution in [-0.2, 0) is 4.74 Å². The van der Waals surface area contributed by atoms with Crippen LogP contribution in [-0.4, -0.2) is 41.3 Å². The van der Waals surface area contributed by atoms with Crippen molar-refractivity contribution >= 4 is 46.6 Å². The van der Waals surface area contributed by atoms with Gasteiger partial charge in [0.05, 0.1) is 24.4 Å². The topological polar surface area (TPSA) is 77.2 Å². The van der Waals surface area contributed by atoms with Gasteiger partial charge in [-0.05, 0) is 6.07 Å². The van der Waals surface area contributed by atoms with Crippen LogP contribution in [0.3, 0.4) is 0 Å². The van der Waals surface area contributed by atoms with Crippen molar-refractivity contribution in [1.29, 1.82) is 0 Å². The second-order valence-corrected chi connectivity index (χ2v) is 6.33. The van der Waals surface area contributed by atoms with E-state index in [1.54, 1.807) is 6.20 Å². The van der Waals surface area contributed by atoms with Crippen LogP contribution in [0.4, 0.5) is 11.6 Å². The third-order valence-electron chi connectivity index (χ3n) is 3.09. The molecule has 0 bridgehead atoms.